The van der Waals surface area contributed by atoms with Crippen molar-refractivity contribution < 1.29 is 14.0 Å². The van der Waals surface area contributed by atoms with Crippen molar-refractivity contribution >= 4 is 14.6 Å². The number of carbonyl (C=O) groups is 1. The molecule has 0 fully saturated rings. The fraction of sp³-hybridized carbons (Fsp3) is 0.611. The molecule has 0 N–H and O–H groups in total. The maximum Gasteiger partial charge on any atom is 0.192 e. The van der Waals surface area contributed by atoms with Crippen LogP contribution in [0.1, 0.15) is 39.2 Å². The quantitative estimate of drug-likeness (QED) is 0.493. The lowest BCUT2D eigenvalue weighted by Gasteiger charge is -2.39. The molecule has 0 amide bonds. The lowest BCUT2D eigenvalue weighted by Crippen LogP contribution is -2.45. The number of rotatable bonds is 9. The molecule has 0 saturated carbocycles. The Labute approximate surface area is 136 Å². The van der Waals surface area contributed by atoms with Crippen molar-refractivity contribution in [1.29, 1.82) is 0 Å². The summed E-state index contributed by atoms with van der Waals surface area (Å²) in [4.78, 5) is 10.7. The molecular weight excluding hydrogens is 292 g/mol. The minimum Gasteiger partial charge on any atom is -0.412 e. The monoisotopic (exact) mass is 322 g/mol. The van der Waals surface area contributed by atoms with E-state index >= 15 is 0 Å². The van der Waals surface area contributed by atoms with Crippen LogP contribution >= 0.6 is 0 Å². The highest BCUT2D eigenvalue weighted by Crippen LogP contribution is 2.37. The lowest BCUT2D eigenvalue weighted by atomic mass is 10.2. The van der Waals surface area contributed by atoms with Crippen LogP contribution in [0.3, 0.4) is 0 Å². The van der Waals surface area contributed by atoms with Gasteiger partial charge in [0.1, 0.15) is 6.29 Å². The summed E-state index contributed by atoms with van der Waals surface area (Å²) in [6.07, 6.45) is 2.20. The van der Waals surface area contributed by atoms with Crippen LogP contribution < -0.4 is 0 Å². The van der Waals surface area contributed by atoms with Crippen molar-refractivity contribution in [3.63, 3.8) is 0 Å². The lowest BCUT2D eigenvalue weighted by molar-refractivity contribution is -0.108. The zero-order valence-corrected chi connectivity index (χ0v) is 15.6. The third-order valence-electron chi connectivity index (χ3n) is 4.29. The normalized spacial score (nSPS) is 13.9. The summed E-state index contributed by atoms with van der Waals surface area (Å²) in [6.45, 7) is 12.3. The summed E-state index contributed by atoms with van der Waals surface area (Å²) >= 11 is 0. The fourth-order valence-corrected chi connectivity index (χ4v) is 3.28. The number of benzene rings is 1. The summed E-state index contributed by atoms with van der Waals surface area (Å²) in [6, 6.07) is 10.1. The van der Waals surface area contributed by atoms with Crippen molar-refractivity contribution in [2.75, 3.05) is 6.61 Å². The number of hydrogen-bond donors (Lipinski definition) is 0. The third kappa shape index (κ3) is 6.42. The number of ether oxygens (including phenoxy) is 1. The van der Waals surface area contributed by atoms with Gasteiger partial charge in [-0.25, -0.2) is 0 Å². The van der Waals surface area contributed by atoms with Gasteiger partial charge in [-0.3, -0.25) is 0 Å². The smallest absolute Gasteiger partial charge is 0.192 e. The Balaban J connectivity index is 2.55. The Bertz CT molecular complexity index is 437. The molecule has 1 aromatic rings. The third-order valence-corrected chi connectivity index (χ3v) is 8.82. The van der Waals surface area contributed by atoms with E-state index in [0.29, 0.717) is 19.6 Å². The molecule has 0 aromatic heterocycles. The Kier molecular flexibility index (Phi) is 7.46. The van der Waals surface area contributed by atoms with Gasteiger partial charge in [0.05, 0.1) is 19.3 Å². The van der Waals surface area contributed by atoms with Gasteiger partial charge in [-0.2, -0.15) is 0 Å². The average molecular weight is 323 g/mol. The summed E-state index contributed by atoms with van der Waals surface area (Å²) < 4.78 is 12.2. The summed E-state index contributed by atoms with van der Waals surface area (Å²) in [7, 11) is -1.84. The zero-order valence-electron chi connectivity index (χ0n) is 14.6. The maximum absolute atomic E-state index is 10.7. The van der Waals surface area contributed by atoms with E-state index in [9.17, 15) is 4.79 Å². The minimum atomic E-state index is -1.84. The van der Waals surface area contributed by atoms with Gasteiger partial charge in [-0.1, -0.05) is 51.1 Å². The molecule has 0 aliphatic rings. The molecule has 0 saturated heterocycles. The van der Waals surface area contributed by atoms with Crippen LogP contribution in [-0.2, 0) is 20.6 Å². The molecule has 0 bridgehead atoms. The molecule has 0 unspecified atom stereocenters. The molecule has 124 valence electrons. The van der Waals surface area contributed by atoms with Crippen LogP contribution in [0.15, 0.2) is 30.3 Å². The Morgan fingerprint density at radius 2 is 1.82 bits per heavy atom. The molecule has 3 nitrogen and oxygen atoms in total. The first-order chi connectivity index (χ1) is 10.3. The molecule has 0 spiro atoms. The van der Waals surface area contributed by atoms with Crippen molar-refractivity contribution in [3.8, 4) is 0 Å². The number of carbonyl (C=O) groups excluding carboxylic acids is 1. The Hall–Kier alpha value is -0.973. The minimum absolute atomic E-state index is 0.00481. The summed E-state index contributed by atoms with van der Waals surface area (Å²) in [5, 5.41) is 0.159. The van der Waals surface area contributed by atoms with E-state index in [1.165, 1.54) is 0 Å². The molecule has 1 atom stereocenters. The Morgan fingerprint density at radius 1 is 1.18 bits per heavy atom. The molecule has 22 heavy (non-hydrogen) atoms. The standard InChI is InChI=1S/C18H30O3Si/c1-18(2,3)22(4,5)21-17(12-9-13-19)15-20-14-16-10-7-6-8-11-16/h6-8,10-11,13,17H,9,12,14-15H2,1-5H3/t17-/m0/s1. The van der Waals surface area contributed by atoms with Gasteiger partial charge in [0.25, 0.3) is 0 Å². The van der Waals surface area contributed by atoms with Crippen molar-refractivity contribution in [2.24, 2.45) is 0 Å². The van der Waals surface area contributed by atoms with Crippen molar-refractivity contribution in [3.05, 3.63) is 35.9 Å². The van der Waals surface area contributed by atoms with E-state index < -0.39 is 8.32 Å². The maximum atomic E-state index is 10.7. The molecule has 0 aliphatic heterocycles. The molecule has 1 aromatic carbocycles. The van der Waals surface area contributed by atoms with Crippen LogP contribution in [-0.4, -0.2) is 27.3 Å². The van der Waals surface area contributed by atoms with E-state index in [1.807, 2.05) is 18.2 Å². The number of aldehydes is 1. The Morgan fingerprint density at radius 3 is 2.36 bits per heavy atom. The van der Waals surface area contributed by atoms with Crippen LogP contribution in [0.2, 0.25) is 18.1 Å². The highest BCUT2D eigenvalue weighted by Gasteiger charge is 2.39. The van der Waals surface area contributed by atoms with E-state index in [1.54, 1.807) is 0 Å². The van der Waals surface area contributed by atoms with E-state index in [4.69, 9.17) is 9.16 Å². The fourth-order valence-electron chi connectivity index (χ4n) is 1.91. The van der Waals surface area contributed by atoms with E-state index in [0.717, 1.165) is 18.3 Å². The second kappa shape index (κ2) is 8.60. The van der Waals surface area contributed by atoms with Crippen molar-refractivity contribution in [2.45, 2.75) is 64.5 Å². The topological polar surface area (TPSA) is 35.5 Å². The number of hydrogen-bond acceptors (Lipinski definition) is 3. The second-order valence-corrected chi connectivity index (χ2v) is 12.0. The van der Waals surface area contributed by atoms with E-state index in [2.05, 4.69) is 46.0 Å². The second-order valence-electron chi connectivity index (χ2n) is 7.24. The molecular formula is C18H30O3Si. The van der Waals surface area contributed by atoms with Crippen LogP contribution in [0.25, 0.3) is 0 Å². The molecule has 0 heterocycles. The zero-order chi connectivity index (χ0) is 16.6. The molecule has 4 heteroatoms. The van der Waals surface area contributed by atoms with E-state index in [-0.39, 0.29) is 11.1 Å². The van der Waals surface area contributed by atoms with Gasteiger partial charge in [0.15, 0.2) is 8.32 Å². The molecule has 1 rings (SSSR count). The van der Waals surface area contributed by atoms with Gasteiger partial charge in [0, 0.05) is 6.42 Å². The predicted molar refractivity (Wildman–Crippen MR) is 93.5 cm³/mol. The van der Waals surface area contributed by atoms with Gasteiger partial charge in [0.2, 0.25) is 0 Å². The van der Waals surface area contributed by atoms with Gasteiger partial charge in [-0.15, -0.1) is 0 Å². The summed E-state index contributed by atoms with van der Waals surface area (Å²) in [5.41, 5.74) is 1.16. The van der Waals surface area contributed by atoms with Gasteiger partial charge < -0.3 is 14.0 Å². The van der Waals surface area contributed by atoms with Gasteiger partial charge >= 0.3 is 0 Å². The van der Waals surface area contributed by atoms with Crippen LogP contribution in [0.4, 0.5) is 0 Å². The molecule has 0 aliphatic carbocycles. The highest BCUT2D eigenvalue weighted by molar-refractivity contribution is 6.74. The average Bonchev–Trinajstić information content (AvgIpc) is 2.44. The molecule has 0 radical (unpaired) electrons. The van der Waals surface area contributed by atoms with Crippen LogP contribution in [0.5, 0.6) is 0 Å². The SMILES string of the molecule is CC(C)(C)[Si](C)(C)O[C@@H](CCC=O)COCc1ccccc1. The van der Waals surface area contributed by atoms with Gasteiger partial charge in [-0.05, 0) is 30.1 Å². The first kappa shape index (κ1) is 19.1. The highest BCUT2D eigenvalue weighted by atomic mass is 28.4. The predicted octanol–water partition coefficient (Wildman–Crippen LogP) is 4.57. The first-order valence-electron chi connectivity index (χ1n) is 7.99. The summed E-state index contributed by atoms with van der Waals surface area (Å²) in [5.74, 6) is 0. The van der Waals surface area contributed by atoms with Crippen LogP contribution in [0, 0.1) is 0 Å². The van der Waals surface area contributed by atoms with Crippen molar-refractivity contribution in [1.82, 2.24) is 0 Å². The largest absolute Gasteiger partial charge is 0.412 e. The first-order valence-corrected chi connectivity index (χ1v) is 10.9.